The smallest absolute Gasteiger partial charge is 0.196 e. The third kappa shape index (κ3) is 5.44. The van der Waals surface area contributed by atoms with Gasteiger partial charge in [0.05, 0.1) is 59.2 Å². The van der Waals surface area contributed by atoms with E-state index in [4.69, 9.17) is 20.9 Å². The number of carbonyl (C=O) groups is 4. The summed E-state index contributed by atoms with van der Waals surface area (Å²) in [7, 11) is 2.93. The number of carbonyl (C=O) groups excluding carboxylic acids is 4. The van der Waals surface area contributed by atoms with Crippen LogP contribution in [0.25, 0.3) is 0 Å². The summed E-state index contributed by atoms with van der Waals surface area (Å²) in [4.78, 5) is 54.3. The monoisotopic (exact) mass is 700 g/mol. The zero-order chi connectivity index (χ0) is 37.0. The SMILES string of the molecule is COc1cc(Nc2ccc(Cc3ccc(Nc4cc(OC)c(N)c5c4C(=O)c4ccccc4C5=O)cc3)cc2)c2c(c1N)C(=O)c1ccccc1C2=O. The lowest BCUT2D eigenvalue weighted by Gasteiger charge is -2.24. The Morgan fingerprint density at radius 2 is 0.792 bits per heavy atom. The number of nitrogens with one attached hydrogen (secondary N) is 2. The molecule has 6 N–H and O–H groups in total. The fourth-order valence-corrected chi connectivity index (χ4v) is 7.08. The van der Waals surface area contributed by atoms with Crippen molar-refractivity contribution in [1.29, 1.82) is 0 Å². The van der Waals surface area contributed by atoms with Crippen LogP contribution in [-0.4, -0.2) is 37.4 Å². The highest BCUT2D eigenvalue weighted by Gasteiger charge is 2.36. The van der Waals surface area contributed by atoms with Gasteiger partial charge in [-0.3, -0.25) is 19.2 Å². The maximum atomic E-state index is 13.6. The second-order valence-corrected chi connectivity index (χ2v) is 12.8. The molecule has 0 radical (unpaired) electrons. The van der Waals surface area contributed by atoms with Gasteiger partial charge in [-0.2, -0.15) is 0 Å². The fraction of sp³-hybridized carbons (Fsp3) is 0.0698. The minimum Gasteiger partial charge on any atom is -0.494 e. The van der Waals surface area contributed by atoms with E-state index in [1.807, 2.05) is 48.5 Å². The molecular formula is C43H32N4O6. The highest BCUT2D eigenvalue weighted by molar-refractivity contribution is 6.33. The number of nitrogens with two attached hydrogens (primary N) is 2. The number of hydrogen-bond donors (Lipinski definition) is 4. The van der Waals surface area contributed by atoms with E-state index in [0.29, 0.717) is 62.9 Å². The summed E-state index contributed by atoms with van der Waals surface area (Å²) in [6, 6.07) is 32.2. The molecule has 53 heavy (non-hydrogen) atoms. The van der Waals surface area contributed by atoms with E-state index in [0.717, 1.165) is 11.1 Å². The molecule has 0 bridgehead atoms. The number of rotatable bonds is 8. The average Bonchev–Trinajstić information content (AvgIpc) is 3.18. The Labute approximate surface area is 304 Å². The van der Waals surface area contributed by atoms with Gasteiger partial charge in [0.15, 0.2) is 23.1 Å². The lowest BCUT2D eigenvalue weighted by Crippen LogP contribution is -2.24. The average molecular weight is 701 g/mol. The van der Waals surface area contributed by atoms with Crippen molar-refractivity contribution in [3.8, 4) is 11.5 Å². The third-order valence-electron chi connectivity index (χ3n) is 9.71. The van der Waals surface area contributed by atoms with Crippen LogP contribution in [0, 0.1) is 0 Å². The quantitative estimate of drug-likeness (QED) is 0.117. The predicted molar refractivity (Wildman–Crippen MR) is 204 cm³/mol. The van der Waals surface area contributed by atoms with Crippen LogP contribution in [-0.2, 0) is 6.42 Å². The molecule has 0 aromatic heterocycles. The van der Waals surface area contributed by atoms with Crippen LogP contribution in [0.4, 0.5) is 34.1 Å². The van der Waals surface area contributed by atoms with Crippen LogP contribution in [0.5, 0.6) is 11.5 Å². The number of fused-ring (bicyclic) bond motifs is 4. The van der Waals surface area contributed by atoms with Crippen molar-refractivity contribution < 1.29 is 28.7 Å². The first-order chi connectivity index (χ1) is 25.7. The molecule has 2 aliphatic rings. The van der Waals surface area contributed by atoms with Gasteiger partial charge in [-0.1, -0.05) is 72.8 Å². The van der Waals surface area contributed by atoms with Crippen molar-refractivity contribution in [3.05, 3.63) is 165 Å². The second kappa shape index (κ2) is 12.8. The third-order valence-corrected chi connectivity index (χ3v) is 9.71. The molecule has 2 aliphatic carbocycles. The molecule has 0 saturated carbocycles. The molecule has 0 saturated heterocycles. The standard InChI is InChI=1S/C43H32N4O6/c1-52-32-20-30(34-36(38(32)44)42(50)28-9-5-3-7-26(28)40(34)48)46-24-15-11-22(12-16-24)19-23-13-17-25(18-14-23)47-31-21-33(53-2)39(45)37-35(31)41(49)27-8-4-6-10-29(27)43(37)51/h3-18,20-21,46-47H,19,44-45H2,1-2H3. The highest BCUT2D eigenvalue weighted by atomic mass is 16.5. The molecule has 0 heterocycles. The minimum atomic E-state index is -0.326. The van der Waals surface area contributed by atoms with Crippen molar-refractivity contribution >= 4 is 57.3 Å². The summed E-state index contributed by atoms with van der Waals surface area (Å²) in [5, 5.41) is 6.61. The topological polar surface area (TPSA) is 163 Å². The Bertz CT molecular complexity index is 2360. The molecule has 0 spiro atoms. The molecule has 6 aromatic rings. The van der Waals surface area contributed by atoms with Gasteiger partial charge in [-0.15, -0.1) is 0 Å². The summed E-state index contributed by atoms with van der Waals surface area (Å²) >= 11 is 0. The maximum absolute atomic E-state index is 13.6. The largest absolute Gasteiger partial charge is 0.494 e. The summed E-state index contributed by atoms with van der Waals surface area (Å²) in [6.45, 7) is 0. The van der Waals surface area contributed by atoms with Gasteiger partial charge in [0.1, 0.15) is 11.5 Å². The molecule has 10 nitrogen and oxygen atoms in total. The molecule has 0 fully saturated rings. The van der Waals surface area contributed by atoms with E-state index in [2.05, 4.69) is 10.6 Å². The maximum Gasteiger partial charge on any atom is 0.196 e. The van der Waals surface area contributed by atoms with Crippen molar-refractivity contribution in [2.45, 2.75) is 6.42 Å². The van der Waals surface area contributed by atoms with E-state index >= 15 is 0 Å². The molecule has 0 aliphatic heterocycles. The van der Waals surface area contributed by atoms with E-state index in [1.165, 1.54) is 14.2 Å². The molecule has 8 rings (SSSR count). The second-order valence-electron chi connectivity index (χ2n) is 12.8. The Morgan fingerprint density at radius 1 is 0.472 bits per heavy atom. The van der Waals surface area contributed by atoms with E-state index < -0.39 is 0 Å². The summed E-state index contributed by atoms with van der Waals surface area (Å²) in [5.41, 5.74) is 19.2. The number of nitrogen functional groups attached to an aromatic ring is 2. The van der Waals surface area contributed by atoms with Crippen LogP contribution in [0.2, 0.25) is 0 Å². The number of methoxy groups -OCH3 is 2. The van der Waals surface area contributed by atoms with Crippen LogP contribution in [0.15, 0.2) is 109 Å². The van der Waals surface area contributed by atoms with Gasteiger partial charge in [0.2, 0.25) is 0 Å². The lowest BCUT2D eigenvalue weighted by molar-refractivity contribution is 0.0980. The van der Waals surface area contributed by atoms with Crippen molar-refractivity contribution in [3.63, 3.8) is 0 Å². The highest BCUT2D eigenvalue weighted by Crippen LogP contribution is 2.43. The van der Waals surface area contributed by atoms with E-state index in [-0.39, 0.29) is 56.8 Å². The number of hydrogen-bond acceptors (Lipinski definition) is 10. The molecule has 260 valence electrons. The number of ether oxygens (including phenoxy) is 2. The first-order valence-corrected chi connectivity index (χ1v) is 16.8. The van der Waals surface area contributed by atoms with Gasteiger partial charge in [0, 0.05) is 45.8 Å². The Morgan fingerprint density at radius 3 is 1.11 bits per heavy atom. The lowest BCUT2D eigenvalue weighted by atomic mass is 9.82. The number of ketones is 4. The minimum absolute atomic E-state index is 0.124. The summed E-state index contributed by atoms with van der Waals surface area (Å²) in [6.07, 6.45) is 0.629. The van der Waals surface area contributed by atoms with Gasteiger partial charge < -0.3 is 31.6 Å². The van der Waals surface area contributed by atoms with Crippen molar-refractivity contribution in [2.75, 3.05) is 36.3 Å². The van der Waals surface area contributed by atoms with Gasteiger partial charge in [-0.05, 0) is 41.8 Å². The Balaban J connectivity index is 1.02. The van der Waals surface area contributed by atoms with Gasteiger partial charge in [-0.25, -0.2) is 0 Å². The van der Waals surface area contributed by atoms with Crippen LogP contribution in [0.3, 0.4) is 0 Å². The number of benzene rings is 6. The zero-order valence-corrected chi connectivity index (χ0v) is 28.7. The molecule has 0 unspecified atom stereocenters. The number of anilines is 6. The Kier molecular flexibility index (Phi) is 7.99. The first kappa shape index (κ1) is 33.0. The molecular weight excluding hydrogens is 668 g/mol. The van der Waals surface area contributed by atoms with Gasteiger partial charge in [0.25, 0.3) is 0 Å². The van der Waals surface area contributed by atoms with Crippen LogP contribution < -0.4 is 31.6 Å². The Hall–Kier alpha value is -7.20. The summed E-state index contributed by atoms with van der Waals surface area (Å²) < 4.78 is 11.0. The van der Waals surface area contributed by atoms with Crippen LogP contribution in [0.1, 0.15) is 74.8 Å². The molecule has 0 atom stereocenters. The summed E-state index contributed by atoms with van der Waals surface area (Å²) in [5.74, 6) is -0.643. The van der Waals surface area contributed by atoms with E-state index in [9.17, 15) is 19.2 Å². The zero-order valence-electron chi connectivity index (χ0n) is 28.7. The molecule has 10 heteroatoms. The first-order valence-electron chi connectivity index (χ1n) is 16.8. The van der Waals surface area contributed by atoms with Crippen molar-refractivity contribution in [1.82, 2.24) is 0 Å². The van der Waals surface area contributed by atoms with Gasteiger partial charge >= 0.3 is 0 Å². The van der Waals surface area contributed by atoms with E-state index in [1.54, 1.807) is 60.7 Å². The molecule has 6 aromatic carbocycles. The fourth-order valence-electron chi connectivity index (χ4n) is 7.08. The van der Waals surface area contributed by atoms with Crippen LogP contribution >= 0.6 is 0 Å². The van der Waals surface area contributed by atoms with Crippen molar-refractivity contribution in [2.24, 2.45) is 0 Å². The predicted octanol–water partition coefficient (Wildman–Crippen LogP) is 7.50. The normalized spacial score (nSPS) is 12.7. The molecule has 0 amide bonds.